The SMILES string of the molecule is CN(CCCNC(=O)c1cccc(Br)n1)C1CCCCC1. The van der Waals surface area contributed by atoms with Crippen LogP contribution in [0.4, 0.5) is 0 Å². The van der Waals surface area contributed by atoms with E-state index in [2.05, 4.69) is 38.2 Å². The highest BCUT2D eigenvalue weighted by molar-refractivity contribution is 9.10. The van der Waals surface area contributed by atoms with Crippen LogP contribution in [0.15, 0.2) is 22.8 Å². The molecule has 5 heteroatoms. The molecule has 1 aliphatic carbocycles. The van der Waals surface area contributed by atoms with Crippen LogP contribution < -0.4 is 5.32 Å². The molecular formula is C16H24BrN3O. The zero-order valence-corrected chi connectivity index (χ0v) is 14.2. The summed E-state index contributed by atoms with van der Waals surface area (Å²) in [7, 11) is 2.20. The van der Waals surface area contributed by atoms with Crippen molar-refractivity contribution in [1.82, 2.24) is 15.2 Å². The number of amides is 1. The van der Waals surface area contributed by atoms with Crippen LogP contribution in [0.5, 0.6) is 0 Å². The van der Waals surface area contributed by atoms with E-state index in [9.17, 15) is 4.79 Å². The van der Waals surface area contributed by atoms with E-state index in [1.54, 1.807) is 6.07 Å². The summed E-state index contributed by atoms with van der Waals surface area (Å²) in [6.45, 7) is 1.74. The Morgan fingerprint density at radius 3 is 2.86 bits per heavy atom. The first kappa shape index (κ1) is 16.4. The summed E-state index contributed by atoms with van der Waals surface area (Å²) in [5, 5.41) is 2.94. The van der Waals surface area contributed by atoms with Gasteiger partial charge in [0.15, 0.2) is 0 Å². The fourth-order valence-corrected chi connectivity index (χ4v) is 3.20. The molecule has 0 radical (unpaired) electrons. The van der Waals surface area contributed by atoms with Crippen molar-refractivity contribution in [3.8, 4) is 0 Å². The molecule has 1 aromatic rings. The van der Waals surface area contributed by atoms with Gasteiger partial charge in [-0.1, -0.05) is 25.3 Å². The van der Waals surface area contributed by atoms with Crippen molar-refractivity contribution < 1.29 is 4.79 Å². The molecule has 1 saturated carbocycles. The molecule has 0 unspecified atom stereocenters. The molecule has 2 rings (SSSR count). The molecule has 1 amide bonds. The van der Waals surface area contributed by atoms with Crippen LogP contribution in [0, 0.1) is 0 Å². The molecule has 116 valence electrons. The van der Waals surface area contributed by atoms with Gasteiger partial charge in [-0.3, -0.25) is 4.79 Å². The van der Waals surface area contributed by atoms with Crippen molar-refractivity contribution in [2.75, 3.05) is 20.1 Å². The highest BCUT2D eigenvalue weighted by atomic mass is 79.9. The van der Waals surface area contributed by atoms with E-state index < -0.39 is 0 Å². The van der Waals surface area contributed by atoms with E-state index >= 15 is 0 Å². The molecule has 0 aromatic carbocycles. The Kier molecular flexibility index (Phi) is 6.64. The number of aromatic nitrogens is 1. The van der Waals surface area contributed by atoms with Gasteiger partial charge in [-0.05, 0) is 60.9 Å². The number of hydrogen-bond acceptors (Lipinski definition) is 3. The third-order valence-corrected chi connectivity index (χ3v) is 4.56. The van der Waals surface area contributed by atoms with Crippen molar-refractivity contribution in [2.45, 2.75) is 44.6 Å². The van der Waals surface area contributed by atoms with Gasteiger partial charge in [0, 0.05) is 12.6 Å². The predicted octanol–water partition coefficient (Wildman–Crippen LogP) is 3.23. The Morgan fingerprint density at radius 1 is 1.38 bits per heavy atom. The molecule has 1 aromatic heterocycles. The standard InChI is InChI=1S/C16H24BrN3O/c1-20(13-7-3-2-4-8-13)12-6-11-18-16(21)14-9-5-10-15(17)19-14/h5,9-10,13H,2-4,6-8,11-12H2,1H3,(H,18,21). The number of halogens is 1. The van der Waals surface area contributed by atoms with E-state index in [-0.39, 0.29) is 5.91 Å². The summed E-state index contributed by atoms with van der Waals surface area (Å²) in [6, 6.07) is 6.11. The highest BCUT2D eigenvalue weighted by Crippen LogP contribution is 2.21. The Balaban J connectivity index is 1.66. The number of carbonyl (C=O) groups excluding carboxylic acids is 1. The van der Waals surface area contributed by atoms with Crippen LogP contribution in [0.3, 0.4) is 0 Å². The lowest BCUT2D eigenvalue weighted by atomic mass is 9.94. The fourth-order valence-electron chi connectivity index (χ4n) is 2.86. The van der Waals surface area contributed by atoms with E-state index in [4.69, 9.17) is 0 Å². The number of rotatable bonds is 6. The van der Waals surface area contributed by atoms with E-state index in [0.717, 1.165) is 19.0 Å². The minimum atomic E-state index is -0.100. The molecule has 0 bridgehead atoms. The van der Waals surface area contributed by atoms with Crippen molar-refractivity contribution in [3.05, 3.63) is 28.5 Å². The van der Waals surface area contributed by atoms with Gasteiger partial charge < -0.3 is 10.2 Å². The Bertz CT molecular complexity index is 461. The summed E-state index contributed by atoms with van der Waals surface area (Å²) in [4.78, 5) is 18.5. The first-order chi connectivity index (χ1) is 10.2. The lowest BCUT2D eigenvalue weighted by Gasteiger charge is -2.31. The van der Waals surface area contributed by atoms with Crippen molar-refractivity contribution in [2.24, 2.45) is 0 Å². The molecule has 0 aliphatic heterocycles. The Labute approximate surface area is 135 Å². The Hall–Kier alpha value is -0.940. The largest absolute Gasteiger partial charge is 0.351 e. The first-order valence-corrected chi connectivity index (χ1v) is 8.57. The number of hydrogen-bond donors (Lipinski definition) is 1. The Morgan fingerprint density at radius 2 is 2.14 bits per heavy atom. The molecule has 21 heavy (non-hydrogen) atoms. The van der Waals surface area contributed by atoms with E-state index in [1.165, 1.54) is 32.1 Å². The average Bonchev–Trinajstić information content (AvgIpc) is 2.52. The number of carbonyl (C=O) groups is 1. The second-order valence-electron chi connectivity index (χ2n) is 5.73. The normalized spacial score (nSPS) is 16.1. The summed E-state index contributed by atoms with van der Waals surface area (Å²) in [6.07, 6.45) is 7.74. The van der Waals surface area contributed by atoms with Crippen LogP contribution in [-0.4, -0.2) is 42.0 Å². The monoisotopic (exact) mass is 353 g/mol. The first-order valence-electron chi connectivity index (χ1n) is 7.78. The van der Waals surface area contributed by atoms with Crippen molar-refractivity contribution >= 4 is 21.8 Å². The minimum absolute atomic E-state index is 0.100. The maximum absolute atomic E-state index is 11.9. The van der Waals surface area contributed by atoms with Gasteiger partial charge in [0.25, 0.3) is 5.91 Å². The second-order valence-corrected chi connectivity index (χ2v) is 6.54. The van der Waals surface area contributed by atoms with Gasteiger partial charge in [-0.15, -0.1) is 0 Å². The van der Waals surface area contributed by atoms with Gasteiger partial charge in [-0.2, -0.15) is 0 Å². The van der Waals surface area contributed by atoms with Crippen molar-refractivity contribution in [1.29, 1.82) is 0 Å². The zero-order valence-electron chi connectivity index (χ0n) is 12.6. The van der Waals surface area contributed by atoms with Gasteiger partial charge in [0.05, 0.1) is 0 Å². The summed E-state index contributed by atoms with van der Waals surface area (Å²) < 4.78 is 0.687. The molecule has 0 atom stereocenters. The summed E-state index contributed by atoms with van der Waals surface area (Å²) >= 11 is 3.28. The van der Waals surface area contributed by atoms with Crippen LogP contribution >= 0.6 is 15.9 Å². The fraction of sp³-hybridized carbons (Fsp3) is 0.625. The van der Waals surface area contributed by atoms with Crippen LogP contribution in [-0.2, 0) is 0 Å². The smallest absolute Gasteiger partial charge is 0.269 e. The topological polar surface area (TPSA) is 45.2 Å². The maximum atomic E-state index is 11.9. The average molecular weight is 354 g/mol. The van der Waals surface area contributed by atoms with E-state index in [0.29, 0.717) is 16.8 Å². The number of pyridine rings is 1. The van der Waals surface area contributed by atoms with Gasteiger partial charge in [-0.25, -0.2) is 4.98 Å². The molecule has 4 nitrogen and oxygen atoms in total. The highest BCUT2D eigenvalue weighted by Gasteiger charge is 2.17. The van der Waals surface area contributed by atoms with Crippen LogP contribution in [0.2, 0.25) is 0 Å². The van der Waals surface area contributed by atoms with Gasteiger partial charge in [0.2, 0.25) is 0 Å². The molecule has 0 spiro atoms. The lowest BCUT2D eigenvalue weighted by molar-refractivity contribution is 0.0945. The molecular weight excluding hydrogens is 330 g/mol. The second kappa shape index (κ2) is 8.49. The summed E-state index contributed by atoms with van der Waals surface area (Å²) in [5.74, 6) is -0.100. The molecule has 1 fully saturated rings. The lowest BCUT2D eigenvalue weighted by Crippen LogP contribution is -2.36. The maximum Gasteiger partial charge on any atom is 0.269 e. The molecule has 1 aliphatic rings. The molecule has 1 N–H and O–H groups in total. The van der Waals surface area contributed by atoms with Gasteiger partial charge >= 0.3 is 0 Å². The summed E-state index contributed by atoms with van der Waals surface area (Å²) in [5.41, 5.74) is 0.463. The van der Waals surface area contributed by atoms with Crippen molar-refractivity contribution in [3.63, 3.8) is 0 Å². The number of nitrogens with zero attached hydrogens (tertiary/aromatic N) is 2. The third kappa shape index (κ3) is 5.40. The minimum Gasteiger partial charge on any atom is -0.351 e. The predicted molar refractivity (Wildman–Crippen MR) is 88.4 cm³/mol. The van der Waals surface area contributed by atoms with Gasteiger partial charge in [0.1, 0.15) is 10.3 Å². The molecule has 1 heterocycles. The number of nitrogens with one attached hydrogen (secondary N) is 1. The van der Waals surface area contributed by atoms with Crippen LogP contribution in [0.1, 0.15) is 49.0 Å². The zero-order chi connectivity index (χ0) is 15.1. The molecule has 0 saturated heterocycles. The quantitative estimate of drug-likeness (QED) is 0.630. The van der Waals surface area contributed by atoms with Crippen LogP contribution in [0.25, 0.3) is 0 Å². The third-order valence-electron chi connectivity index (χ3n) is 4.12. The van der Waals surface area contributed by atoms with E-state index in [1.807, 2.05) is 12.1 Å².